The quantitative estimate of drug-likeness (QED) is 0.697. The van der Waals surface area contributed by atoms with Gasteiger partial charge < -0.3 is 9.47 Å². The first-order valence-corrected chi connectivity index (χ1v) is 8.51. The summed E-state index contributed by atoms with van der Waals surface area (Å²) < 4.78 is 11.2. The molecule has 0 N–H and O–H groups in total. The van der Waals surface area contributed by atoms with Crippen LogP contribution in [-0.4, -0.2) is 25.3 Å². The normalized spacial score (nSPS) is 17.0. The van der Waals surface area contributed by atoms with Crippen LogP contribution in [0.5, 0.6) is 0 Å². The topological polar surface area (TPSA) is 35.5 Å². The van der Waals surface area contributed by atoms with Crippen LogP contribution in [0.2, 0.25) is 0 Å². The van der Waals surface area contributed by atoms with E-state index in [2.05, 4.69) is 22.9 Å². The van der Waals surface area contributed by atoms with Gasteiger partial charge in [-0.05, 0) is 44.4 Å². The Kier molecular flexibility index (Phi) is 9.35. The maximum Gasteiger partial charge on any atom is 0.338 e. The summed E-state index contributed by atoms with van der Waals surface area (Å²) in [7, 11) is 0. The first kappa shape index (κ1) is 18.2. The van der Waals surface area contributed by atoms with Crippen molar-refractivity contribution in [3.05, 3.63) is 34.3 Å². The van der Waals surface area contributed by atoms with Crippen LogP contribution in [0.25, 0.3) is 0 Å². The third kappa shape index (κ3) is 7.63. The fraction of sp³-hybridized carbons (Fsp3) is 0.588. The number of ether oxygens (including phenoxy) is 2. The van der Waals surface area contributed by atoms with E-state index in [-0.39, 0.29) is 5.97 Å². The number of carbonyl (C=O) groups is 1. The Bertz CT molecular complexity index is 414. The molecule has 3 nitrogen and oxygen atoms in total. The minimum atomic E-state index is -0.279. The molecular weight excluding hydrogens is 332 g/mol. The molecule has 1 aromatic rings. The average molecular weight is 357 g/mol. The maximum absolute atomic E-state index is 11.2. The molecule has 0 aromatic heterocycles. The van der Waals surface area contributed by atoms with Crippen LogP contribution < -0.4 is 0 Å². The van der Waals surface area contributed by atoms with Gasteiger partial charge in [0.1, 0.15) is 0 Å². The molecule has 0 saturated carbocycles. The van der Waals surface area contributed by atoms with Crippen molar-refractivity contribution in [1.29, 1.82) is 0 Å². The Balaban J connectivity index is 0.000000219. The molecule has 1 fully saturated rings. The van der Waals surface area contributed by atoms with Gasteiger partial charge in [0.15, 0.2) is 0 Å². The van der Waals surface area contributed by atoms with E-state index < -0.39 is 0 Å². The summed E-state index contributed by atoms with van der Waals surface area (Å²) in [4.78, 5) is 11.2. The van der Waals surface area contributed by atoms with Crippen molar-refractivity contribution in [2.24, 2.45) is 0 Å². The number of hydrogen-bond acceptors (Lipinski definition) is 3. The van der Waals surface area contributed by atoms with Crippen LogP contribution in [0.15, 0.2) is 28.7 Å². The molecule has 0 radical (unpaired) electrons. The van der Waals surface area contributed by atoms with Gasteiger partial charge >= 0.3 is 5.97 Å². The monoisotopic (exact) mass is 356 g/mol. The first-order valence-electron chi connectivity index (χ1n) is 7.71. The summed E-state index contributed by atoms with van der Waals surface area (Å²) in [5.74, 6) is -0.279. The number of benzene rings is 1. The molecule has 0 aliphatic carbocycles. The van der Waals surface area contributed by atoms with Crippen molar-refractivity contribution >= 4 is 21.9 Å². The second-order valence-corrected chi connectivity index (χ2v) is 5.92. The number of hydrogen-bond donors (Lipinski definition) is 0. The van der Waals surface area contributed by atoms with Gasteiger partial charge in [-0.3, -0.25) is 0 Å². The number of carbonyl (C=O) groups excluding carboxylic acids is 1. The SMILES string of the molecule is CCCCC1CCCO1.CCOC(=O)c1cccc(Br)c1. The predicted molar refractivity (Wildman–Crippen MR) is 88.6 cm³/mol. The number of unbranched alkanes of at least 4 members (excludes halogenated alkanes) is 1. The van der Waals surface area contributed by atoms with Crippen LogP contribution in [0.3, 0.4) is 0 Å². The Morgan fingerprint density at radius 3 is 2.81 bits per heavy atom. The summed E-state index contributed by atoms with van der Waals surface area (Å²) in [5, 5.41) is 0. The standard InChI is InChI=1S/C9H9BrO2.C8H16O/c1-2-12-9(11)7-4-3-5-8(10)6-7;1-2-3-5-8-6-4-7-9-8/h3-6H,2H2,1H3;8H,2-7H2,1H3. The molecule has 1 saturated heterocycles. The zero-order valence-corrected chi connectivity index (χ0v) is 14.5. The van der Waals surface area contributed by atoms with Crippen molar-refractivity contribution in [3.63, 3.8) is 0 Å². The third-order valence-electron chi connectivity index (χ3n) is 3.24. The molecule has 2 rings (SSSR count). The minimum absolute atomic E-state index is 0.279. The Labute approximate surface area is 136 Å². The van der Waals surface area contributed by atoms with Crippen molar-refractivity contribution in [3.8, 4) is 0 Å². The molecule has 1 aliphatic heterocycles. The number of rotatable bonds is 5. The van der Waals surface area contributed by atoms with E-state index >= 15 is 0 Å². The summed E-state index contributed by atoms with van der Waals surface area (Å²) in [6, 6.07) is 7.12. The van der Waals surface area contributed by atoms with Crippen LogP contribution in [0, 0.1) is 0 Å². The molecule has 0 bridgehead atoms. The summed E-state index contributed by atoms with van der Waals surface area (Å²) >= 11 is 3.27. The summed E-state index contributed by atoms with van der Waals surface area (Å²) in [6.07, 6.45) is 7.14. The van der Waals surface area contributed by atoms with Crippen molar-refractivity contribution in [1.82, 2.24) is 0 Å². The predicted octanol–water partition coefficient (Wildman–Crippen LogP) is 4.98. The van der Waals surface area contributed by atoms with E-state index in [4.69, 9.17) is 9.47 Å². The smallest absolute Gasteiger partial charge is 0.338 e. The van der Waals surface area contributed by atoms with Gasteiger partial charge in [0.05, 0.1) is 18.3 Å². The fourth-order valence-corrected chi connectivity index (χ4v) is 2.53. The fourth-order valence-electron chi connectivity index (χ4n) is 2.13. The molecule has 1 aliphatic rings. The third-order valence-corrected chi connectivity index (χ3v) is 3.73. The number of esters is 1. The van der Waals surface area contributed by atoms with Crippen LogP contribution in [-0.2, 0) is 9.47 Å². The minimum Gasteiger partial charge on any atom is -0.462 e. The van der Waals surface area contributed by atoms with Gasteiger partial charge in [0, 0.05) is 11.1 Å². The molecular formula is C17H25BrO3. The highest BCUT2D eigenvalue weighted by atomic mass is 79.9. The van der Waals surface area contributed by atoms with Crippen molar-refractivity contribution in [2.45, 2.75) is 52.1 Å². The van der Waals surface area contributed by atoms with Gasteiger partial charge in [-0.1, -0.05) is 41.8 Å². The van der Waals surface area contributed by atoms with Crippen LogP contribution in [0.1, 0.15) is 56.3 Å². The lowest BCUT2D eigenvalue weighted by Gasteiger charge is -2.06. The molecule has 1 aromatic carbocycles. The molecule has 1 heterocycles. The second kappa shape index (κ2) is 10.8. The van der Waals surface area contributed by atoms with E-state index in [0.29, 0.717) is 18.3 Å². The van der Waals surface area contributed by atoms with Gasteiger partial charge in [-0.15, -0.1) is 0 Å². The molecule has 118 valence electrons. The molecule has 0 amide bonds. The number of halogens is 1. The van der Waals surface area contributed by atoms with Gasteiger partial charge in [-0.2, -0.15) is 0 Å². The average Bonchev–Trinajstić information content (AvgIpc) is 2.99. The van der Waals surface area contributed by atoms with E-state index in [1.807, 2.05) is 6.07 Å². The first-order chi connectivity index (χ1) is 10.2. The highest BCUT2D eigenvalue weighted by Crippen LogP contribution is 2.17. The molecule has 21 heavy (non-hydrogen) atoms. The van der Waals surface area contributed by atoms with E-state index in [9.17, 15) is 4.79 Å². The van der Waals surface area contributed by atoms with E-state index in [1.54, 1.807) is 25.1 Å². The summed E-state index contributed by atoms with van der Waals surface area (Å²) in [6.45, 7) is 5.44. The van der Waals surface area contributed by atoms with Crippen molar-refractivity contribution in [2.75, 3.05) is 13.2 Å². The molecule has 1 unspecified atom stereocenters. The Hall–Kier alpha value is -0.870. The maximum atomic E-state index is 11.2. The molecule has 1 atom stereocenters. The zero-order valence-electron chi connectivity index (χ0n) is 12.9. The Morgan fingerprint density at radius 1 is 1.43 bits per heavy atom. The lowest BCUT2D eigenvalue weighted by Crippen LogP contribution is -2.03. The zero-order chi connectivity index (χ0) is 15.5. The van der Waals surface area contributed by atoms with Gasteiger partial charge in [0.2, 0.25) is 0 Å². The van der Waals surface area contributed by atoms with Crippen LogP contribution >= 0.6 is 15.9 Å². The van der Waals surface area contributed by atoms with E-state index in [1.165, 1.54) is 32.1 Å². The highest BCUT2D eigenvalue weighted by molar-refractivity contribution is 9.10. The van der Waals surface area contributed by atoms with Gasteiger partial charge in [0.25, 0.3) is 0 Å². The highest BCUT2D eigenvalue weighted by Gasteiger charge is 2.13. The molecule has 4 heteroatoms. The van der Waals surface area contributed by atoms with Crippen molar-refractivity contribution < 1.29 is 14.3 Å². The lowest BCUT2D eigenvalue weighted by molar-refractivity contribution is 0.0526. The summed E-state index contributed by atoms with van der Waals surface area (Å²) in [5.41, 5.74) is 0.575. The van der Waals surface area contributed by atoms with E-state index in [0.717, 1.165) is 11.1 Å². The second-order valence-electron chi connectivity index (χ2n) is 5.01. The molecule has 0 spiro atoms. The largest absolute Gasteiger partial charge is 0.462 e. The van der Waals surface area contributed by atoms with Crippen LogP contribution in [0.4, 0.5) is 0 Å². The van der Waals surface area contributed by atoms with Gasteiger partial charge in [-0.25, -0.2) is 4.79 Å². The Morgan fingerprint density at radius 2 is 2.24 bits per heavy atom. The lowest BCUT2D eigenvalue weighted by atomic mass is 10.1.